The number of fused-ring (bicyclic) bond motifs is 1. The van der Waals surface area contributed by atoms with Crippen LogP contribution in [-0.2, 0) is 27.8 Å². The van der Waals surface area contributed by atoms with Crippen LogP contribution < -0.4 is 10.2 Å². The van der Waals surface area contributed by atoms with Gasteiger partial charge in [-0.05, 0) is 88.8 Å². The van der Waals surface area contributed by atoms with Gasteiger partial charge in [0, 0.05) is 18.9 Å². The van der Waals surface area contributed by atoms with Crippen LogP contribution >= 0.6 is 0 Å². The van der Waals surface area contributed by atoms with Gasteiger partial charge in [-0.2, -0.15) is 4.31 Å². The Morgan fingerprint density at radius 3 is 1.85 bits per heavy atom. The minimum Gasteiger partial charge on any atom is -0.468 e. The highest BCUT2D eigenvalue weighted by molar-refractivity contribution is 7.89. The average molecular weight is 570 g/mol. The van der Waals surface area contributed by atoms with Gasteiger partial charge in [-0.15, -0.1) is 0 Å². The number of ether oxygens (including phenoxy) is 1. The van der Waals surface area contributed by atoms with Gasteiger partial charge in [0.15, 0.2) is 0 Å². The molecule has 1 amide bonds. The fourth-order valence-electron chi connectivity index (χ4n) is 4.50. The Kier molecular flexibility index (Phi) is 8.54. The second kappa shape index (κ2) is 12.6. The van der Waals surface area contributed by atoms with E-state index in [0.29, 0.717) is 13.0 Å². The second-order valence-corrected chi connectivity index (χ2v) is 11.1. The number of amides is 1. The van der Waals surface area contributed by atoms with Crippen molar-refractivity contribution in [3.05, 3.63) is 121 Å². The summed E-state index contributed by atoms with van der Waals surface area (Å²) in [6.07, 6.45) is 6.01. The van der Waals surface area contributed by atoms with Gasteiger partial charge in [0.1, 0.15) is 17.3 Å². The third-order valence-corrected chi connectivity index (χ3v) is 8.48. The number of aromatic nitrogens is 1. The zero-order valence-electron chi connectivity index (χ0n) is 21.9. The van der Waals surface area contributed by atoms with Crippen molar-refractivity contribution >= 4 is 16.4 Å². The number of carbonyl (C=O) groups is 1. The molecule has 3 heterocycles. The largest absolute Gasteiger partial charge is 0.468 e. The molecule has 2 aromatic heterocycles. The van der Waals surface area contributed by atoms with Crippen LogP contribution in [0.3, 0.4) is 0 Å². The first kappa shape index (κ1) is 27.8. The van der Waals surface area contributed by atoms with Crippen LogP contribution in [0.1, 0.15) is 11.3 Å². The first-order valence-electron chi connectivity index (χ1n) is 12.8. The number of hydroxylamine groups is 1. The summed E-state index contributed by atoms with van der Waals surface area (Å²) in [5.41, 5.74) is 6.44. The Balaban J connectivity index is 0.000000794. The molecule has 41 heavy (non-hydrogen) atoms. The number of hydrogen-bond acceptors (Lipinski definition) is 7. The van der Waals surface area contributed by atoms with E-state index in [1.165, 1.54) is 9.79 Å². The maximum Gasteiger partial charge on any atom is 0.243 e. The summed E-state index contributed by atoms with van der Waals surface area (Å²) in [4.78, 5) is 13.1. The van der Waals surface area contributed by atoms with E-state index in [1.807, 2.05) is 78.9 Å². The SMILES string of the molecule is O=CNO.O=S(=O)(c1ccc(-c2ccc(Oc3ccc(-c4ccncc4)cc3)cc2)cc1)N1CCc2ccoc2C1. The summed E-state index contributed by atoms with van der Waals surface area (Å²) in [6.45, 7) is 0.713. The maximum atomic E-state index is 13.2. The van der Waals surface area contributed by atoms with Gasteiger partial charge >= 0.3 is 0 Å². The van der Waals surface area contributed by atoms with Crippen LogP contribution in [0.15, 0.2) is 119 Å². The van der Waals surface area contributed by atoms with Gasteiger partial charge in [-0.3, -0.25) is 15.0 Å². The average Bonchev–Trinajstić information content (AvgIpc) is 3.51. The molecule has 6 rings (SSSR count). The minimum absolute atomic E-state index is 0.181. The normalized spacial score (nSPS) is 12.9. The minimum atomic E-state index is -3.59. The van der Waals surface area contributed by atoms with E-state index in [9.17, 15) is 8.42 Å². The fourth-order valence-corrected chi connectivity index (χ4v) is 5.89. The Hall–Kier alpha value is -4.77. The Bertz CT molecular complexity index is 1690. The molecule has 0 radical (unpaired) electrons. The molecule has 1 aliphatic heterocycles. The summed E-state index contributed by atoms with van der Waals surface area (Å²) in [7, 11) is -3.59. The lowest BCUT2D eigenvalue weighted by atomic mass is 10.1. The molecule has 0 bridgehead atoms. The number of hydrogen-bond donors (Lipinski definition) is 2. The molecular weight excluding hydrogens is 542 g/mol. The summed E-state index contributed by atoms with van der Waals surface area (Å²) in [5.74, 6) is 2.19. The van der Waals surface area contributed by atoms with E-state index in [-0.39, 0.29) is 17.9 Å². The molecule has 5 aromatic rings. The zero-order valence-corrected chi connectivity index (χ0v) is 22.7. The molecule has 3 aromatic carbocycles. The lowest BCUT2D eigenvalue weighted by molar-refractivity contribution is -0.116. The van der Waals surface area contributed by atoms with Crippen LogP contribution in [0, 0.1) is 0 Å². The predicted molar refractivity (Wildman–Crippen MR) is 153 cm³/mol. The zero-order chi connectivity index (χ0) is 28.7. The van der Waals surface area contributed by atoms with E-state index in [1.54, 1.807) is 30.8 Å². The highest BCUT2D eigenvalue weighted by Crippen LogP contribution is 2.30. The van der Waals surface area contributed by atoms with Gasteiger partial charge in [0.25, 0.3) is 0 Å². The molecule has 1 aliphatic rings. The lowest BCUT2D eigenvalue weighted by Crippen LogP contribution is -2.35. The predicted octanol–water partition coefficient (Wildman–Crippen LogP) is 5.67. The number of sulfonamides is 1. The highest BCUT2D eigenvalue weighted by atomic mass is 32.2. The molecule has 10 heteroatoms. The van der Waals surface area contributed by atoms with Crippen molar-refractivity contribution in [1.82, 2.24) is 14.8 Å². The van der Waals surface area contributed by atoms with Crippen molar-refractivity contribution in [3.8, 4) is 33.8 Å². The number of nitrogens with zero attached hydrogens (tertiary/aromatic N) is 2. The number of furan rings is 1. The Labute approximate surface area is 237 Å². The standard InChI is InChI=1S/C30H24N2O4S.CH3NO2/c33-37(34,32-19-15-26-16-20-35-30(26)21-32)29-11-5-24(6-12-29)22-1-7-27(8-2-22)36-28-9-3-23(4-10-28)25-13-17-31-18-14-25;3-1-2-4/h1-14,16-18,20H,15,19,21H2;1,4H,(H,2,3). The number of pyridine rings is 1. The van der Waals surface area contributed by atoms with Crippen LogP contribution in [0.2, 0.25) is 0 Å². The summed E-state index contributed by atoms with van der Waals surface area (Å²) < 4.78 is 39.2. The van der Waals surface area contributed by atoms with Crippen LogP contribution in [0.4, 0.5) is 0 Å². The number of benzene rings is 3. The van der Waals surface area contributed by atoms with Crippen molar-refractivity contribution in [2.45, 2.75) is 17.9 Å². The van der Waals surface area contributed by atoms with Crippen molar-refractivity contribution in [2.75, 3.05) is 6.54 Å². The summed E-state index contributed by atoms with van der Waals surface area (Å²) >= 11 is 0. The molecular formula is C31H27N3O6S. The smallest absolute Gasteiger partial charge is 0.243 e. The van der Waals surface area contributed by atoms with E-state index in [0.717, 1.165) is 45.1 Å². The van der Waals surface area contributed by atoms with Crippen molar-refractivity contribution in [1.29, 1.82) is 0 Å². The van der Waals surface area contributed by atoms with E-state index in [4.69, 9.17) is 19.2 Å². The van der Waals surface area contributed by atoms with E-state index >= 15 is 0 Å². The molecule has 0 spiro atoms. The molecule has 0 saturated heterocycles. The third-order valence-electron chi connectivity index (χ3n) is 6.62. The van der Waals surface area contributed by atoms with Crippen molar-refractivity contribution < 1.29 is 27.6 Å². The van der Waals surface area contributed by atoms with Crippen LogP contribution in [-0.4, -0.2) is 35.9 Å². The summed E-state index contributed by atoms with van der Waals surface area (Å²) in [5, 5.41) is 7.26. The molecule has 2 N–H and O–H groups in total. The quantitative estimate of drug-likeness (QED) is 0.147. The highest BCUT2D eigenvalue weighted by Gasteiger charge is 2.29. The molecule has 0 atom stereocenters. The Morgan fingerprint density at radius 1 is 0.805 bits per heavy atom. The molecule has 0 saturated carbocycles. The first-order chi connectivity index (χ1) is 20.0. The number of nitrogens with one attached hydrogen (secondary N) is 1. The second-order valence-electron chi connectivity index (χ2n) is 9.12. The van der Waals surface area contributed by atoms with Crippen LogP contribution in [0.5, 0.6) is 11.5 Å². The van der Waals surface area contributed by atoms with Gasteiger partial charge in [-0.25, -0.2) is 13.9 Å². The van der Waals surface area contributed by atoms with E-state index in [2.05, 4.69) is 4.98 Å². The van der Waals surface area contributed by atoms with Gasteiger partial charge in [0.05, 0.1) is 17.7 Å². The van der Waals surface area contributed by atoms with E-state index < -0.39 is 10.0 Å². The monoisotopic (exact) mass is 569 g/mol. The molecule has 0 aliphatic carbocycles. The van der Waals surface area contributed by atoms with Crippen molar-refractivity contribution in [2.24, 2.45) is 0 Å². The molecule has 208 valence electrons. The first-order valence-corrected chi connectivity index (χ1v) is 14.2. The lowest BCUT2D eigenvalue weighted by Gasteiger charge is -2.25. The Morgan fingerprint density at radius 2 is 1.32 bits per heavy atom. The van der Waals surface area contributed by atoms with Gasteiger partial charge in [0.2, 0.25) is 16.4 Å². The van der Waals surface area contributed by atoms with Gasteiger partial charge in [-0.1, -0.05) is 36.4 Å². The summed E-state index contributed by atoms with van der Waals surface area (Å²) in [6, 6.07) is 28.5. The van der Waals surface area contributed by atoms with Crippen molar-refractivity contribution in [3.63, 3.8) is 0 Å². The maximum absolute atomic E-state index is 13.2. The number of carbonyl (C=O) groups excluding carboxylic acids is 1. The molecule has 0 unspecified atom stereocenters. The topological polar surface area (TPSA) is 122 Å². The van der Waals surface area contributed by atoms with Crippen LogP contribution in [0.25, 0.3) is 22.3 Å². The van der Waals surface area contributed by atoms with Gasteiger partial charge < -0.3 is 9.15 Å². The fraction of sp³-hybridized carbons (Fsp3) is 0.0968. The third kappa shape index (κ3) is 6.52. The molecule has 9 nitrogen and oxygen atoms in total. The number of rotatable bonds is 7. The molecule has 0 fully saturated rings.